The minimum atomic E-state index is -2.41. The highest BCUT2D eigenvalue weighted by Crippen LogP contribution is 2.39. The quantitative estimate of drug-likeness (QED) is 0.552. The van der Waals surface area contributed by atoms with E-state index in [-0.39, 0.29) is 5.04 Å². The minimum Gasteiger partial charge on any atom is -0.139 e. The average Bonchev–Trinajstić information content (AvgIpc) is 2.19. The standard InChI is InChI=1S/C12H16Cl2Si/c1-4-10-15(13,14)12(2,3)11-8-6-5-7-9-11/h4-10H,1-3H3. The third-order valence-corrected chi connectivity index (χ3v) is 9.00. The van der Waals surface area contributed by atoms with Crippen LogP contribution in [0.5, 0.6) is 0 Å². The van der Waals surface area contributed by atoms with Gasteiger partial charge in [0.1, 0.15) is 0 Å². The Hall–Kier alpha value is -0.243. The second-order valence-corrected chi connectivity index (χ2v) is 11.1. The van der Waals surface area contributed by atoms with Crippen LogP contribution in [-0.4, -0.2) is 6.69 Å². The summed E-state index contributed by atoms with van der Waals surface area (Å²) in [5.41, 5.74) is 3.16. The van der Waals surface area contributed by atoms with E-state index in [1.807, 2.05) is 36.9 Å². The third kappa shape index (κ3) is 2.66. The first-order chi connectivity index (χ1) is 6.92. The fourth-order valence-corrected chi connectivity index (χ4v) is 4.26. The van der Waals surface area contributed by atoms with Gasteiger partial charge in [-0.2, -0.15) is 0 Å². The lowest BCUT2D eigenvalue weighted by Gasteiger charge is -2.33. The van der Waals surface area contributed by atoms with Gasteiger partial charge in [0.15, 0.2) is 0 Å². The molecule has 0 heterocycles. The van der Waals surface area contributed by atoms with E-state index in [9.17, 15) is 0 Å². The summed E-state index contributed by atoms with van der Waals surface area (Å²) in [4.78, 5) is 0. The molecule has 0 aliphatic heterocycles. The molecule has 0 saturated heterocycles. The molecule has 0 spiro atoms. The Morgan fingerprint density at radius 1 is 1.13 bits per heavy atom. The fourth-order valence-electron chi connectivity index (χ4n) is 1.46. The highest BCUT2D eigenvalue weighted by Gasteiger charge is 2.44. The Morgan fingerprint density at radius 2 is 1.67 bits per heavy atom. The second-order valence-electron chi connectivity index (χ2n) is 4.11. The first-order valence-corrected chi connectivity index (χ1v) is 9.09. The van der Waals surface area contributed by atoms with Crippen molar-refractivity contribution in [2.75, 3.05) is 0 Å². The first kappa shape index (κ1) is 12.8. The smallest absolute Gasteiger partial charge is 0.139 e. The second kappa shape index (κ2) is 4.73. The molecule has 0 unspecified atom stereocenters. The van der Waals surface area contributed by atoms with E-state index in [1.54, 1.807) is 0 Å². The van der Waals surface area contributed by atoms with E-state index in [4.69, 9.17) is 22.2 Å². The van der Waals surface area contributed by atoms with Gasteiger partial charge in [0.2, 0.25) is 0 Å². The van der Waals surface area contributed by atoms with Gasteiger partial charge in [-0.05, 0) is 12.5 Å². The van der Waals surface area contributed by atoms with E-state index in [2.05, 4.69) is 26.0 Å². The van der Waals surface area contributed by atoms with Crippen molar-refractivity contribution < 1.29 is 0 Å². The maximum Gasteiger partial charge on any atom is 0.283 e. The minimum absolute atomic E-state index is 0.177. The van der Waals surface area contributed by atoms with Crippen molar-refractivity contribution in [3.63, 3.8) is 0 Å². The van der Waals surface area contributed by atoms with Crippen LogP contribution in [0.15, 0.2) is 42.1 Å². The van der Waals surface area contributed by atoms with Crippen LogP contribution in [0.1, 0.15) is 26.3 Å². The van der Waals surface area contributed by atoms with Gasteiger partial charge in [0, 0.05) is 5.04 Å². The molecule has 1 rings (SSSR count). The van der Waals surface area contributed by atoms with Crippen molar-refractivity contribution in [1.29, 1.82) is 0 Å². The van der Waals surface area contributed by atoms with Gasteiger partial charge in [0.05, 0.1) is 0 Å². The normalized spacial score (nSPS) is 13.4. The molecule has 0 saturated carbocycles. The van der Waals surface area contributed by atoms with Crippen molar-refractivity contribution >= 4 is 28.9 Å². The number of allylic oxidation sites excluding steroid dienone is 1. The molecule has 1 aromatic carbocycles. The van der Waals surface area contributed by atoms with Gasteiger partial charge in [0.25, 0.3) is 6.69 Å². The maximum absolute atomic E-state index is 6.48. The zero-order valence-corrected chi connectivity index (χ0v) is 11.8. The Labute approximate surface area is 102 Å². The van der Waals surface area contributed by atoms with Crippen LogP contribution in [0.3, 0.4) is 0 Å². The zero-order valence-electron chi connectivity index (χ0n) is 9.30. The maximum atomic E-state index is 6.48. The Morgan fingerprint density at radius 3 is 2.13 bits per heavy atom. The number of hydrogen-bond acceptors (Lipinski definition) is 0. The number of rotatable bonds is 3. The van der Waals surface area contributed by atoms with Crippen LogP contribution in [0, 0.1) is 0 Å². The molecular weight excluding hydrogens is 243 g/mol. The number of halogens is 2. The van der Waals surface area contributed by atoms with Crippen molar-refractivity contribution in [1.82, 2.24) is 0 Å². The highest BCUT2D eigenvalue weighted by atomic mass is 35.7. The monoisotopic (exact) mass is 258 g/mol. The molecule has 0 nitrogen and oxygen atoms in total. The molecule has 0 radical (unpaired) electrons. The SMILES string of the molecule is CC=C[Si](Cl)(Cl)C(C)(C)c1ccccc1. The van der Waals surface area contributed by atoms with Gasteiger partial charge >= 0.3 is 0 Å². The molecule has 0 fully saturated rings. The van der Waals surface area contributed by atoms with Gasteiger partial charge in [-0.15, -0.1) is 22.2 Å². The van der Waals surface area contributed by atoms with Crippen LogP contribution in [0.2, 0.25) is 0 Å². The van der Waals surface area contributed by atoms with E-state index in [1.165, 1.54) is 5.56 Å². The van der Waals surface area contributed by atoms with Crippen molar-refractivity contribution in [3.05, 3.63) is 47.7 Å². The van der Waals surface area contributed by atoms with E-state index in [0.29, 0.717) is 0 Å². The summed E-state index contributed by atoms with van der Waals surface area (Å²) in [7, 11) is 0. The predicted octanol–water partition coefficient (Wildman–Crippen LogP) is 4.54. The molecule has 82 valence electrons. The molecule has 0 aliphatic rings. The summed E-state index contributed by atoms with van der Waals surface area (Å²) >= 11 is 13.0. The Bertz CT molecular complexity index is 342. The molecule has 0 aliphatic carbocycles. The lowest BCUT2D eigenvalue weighted by atomic mass is 10.0. The van der Waals surface area contributed by atoms with Crippen molar-refractivity contribution in [2.45, 2.75) is 25.8 Å². The Kier molecular flexibility index (Phi) is 4.04. The number of hydrogen-bond donors (Lipinski definition) is 0. The summed E-state index contributed by atoms with van der Waals surface area (Å²) < 4.78 is 0. The largest absolute Gasteiger partial charge is 0.283 e. The van der Waals surface area contributed by atoms with Crippen LogP contribution in [-0.2, 0) is 5.04 Å². The molecule has 0 bridgehead atoms. The Balaban J connectivity index is 3.12. The molecule has 0 atom stereocenters. The third-order valence-electron chi connectivity index (χ3n) is 2.70. The van der Waals surface area contributed by atoms with Gasteiger partial charge in [-0.3, -0.25) is 0 Å². The number of benzene rings is 1. The fraction of sp³-hybridized carbons (Fsp3) is 0.333. The van der Waals surface area contributed by atoms with Crippen LogP contribution in [0.4, 0.5) is 0 Å². The van der Waals surface area contributed by atoms with Crippen molar-refractivity contribution in [2.24, 2.45) is 0 Å². The predicted molar refractivity (Wildman–Crippen MR) is 71.7 cm³/mol. The van der Waals surface area contributed by atoms with Gasteiger partial charge in [-0.1, -0.05) is 56.0 Å². The van der Waals surface area contributed by atoms with E-state index < -0.39 is 6.69 Å². The highest BCUT2D eigenvalue weighted by molar-refractivity contribution is 7.48. The lowest BCUT2D eigenvalue weighted by Crippen LogP contribution is -2.42. The van der Waals surface area contributed by atoms with Gasteiger partial charge in [-0.25, -0.2) is 0 Å². The van der Waals surface area contributed by atoms with E-state index in [0.717, 1.165) is 0 Å². The summed E-state index contributed by atoms with van der Waals surface area (Å²) in [5.74, 6) is 0. The molecule has 1 aromatic rings. The topological polar surface area (TPSA) is 0 Å². The van der Waals surface area contributed by atoms with Crippen LogP contribution in [0.25, 0.3) is 0 Å². The molecular formula is C12H16Cl2Si. The molecule has 15 heavy (non-hydrogen) atoms. The summed E-state index contributed by atoms with van der Waals surface area (Å²) in [6, 6.07) is 10.2. The van der Waals surface area contributed by atoms with Crippen LogP contribution < -0.4 is 0 Å². The molecule has 0 N–H and O–H groups in total. The summed E-state index contributed by atoms with van der Waals surface area (Å²) in [6.45, 7) is 3.76. The summed E-state index contributed by atoms with van der Waals surface area (Å²) in [6.07, 6.45) is 1.94. The first-order valence-electron chi connectivity index (χ1n) is 4.99. The molecule has 0 aromatic heterocycles. The summed E-state index contributed by atoms with van der Waals surface area (Å²) in [5, 5.41) is -0.177. The van der Waals surface area contributed by atoms with Crippen molar-refractivity contribution in [3.8, 4) is 0 Å². The van der Waals surface area contributed by atoms with Gasteiger partial charge < -0.3 is 0 Å². The average molecular weight is 259 g/mol. The lowest BCUT2D eigenvalue weighted by molar-refractivity contribution is 0.745. The van der Waals surface area contributed by atoms with E-state index >= 15 is 0 Å². The zero-order chi connectivity index (χ0) is 11.5. The molecule has 3 heteroatoms. The van der Waals surface area contributed by atoms with Crippen LogP contribution >= 0.6 is 22.2 Å². The molecule has 0 amide bonds.